The lowest BCUT2D eigenvalue weighted by atomic mass is 10.1. The normalized spacial score (nSPS) is 12.0. The van der Waals surface area contributed by atoms with Crippen LogP contribution in [0.3, 0.4) is 0 Å². The summed E-state index contributed by atoms with van der Waals surface area (Å²) in [7, 11) is 1.53. The van der Waals surface area contributed by atoms with E-state index in [0.29, 0.717) is 21.8 Å². The van der Waals surface area contributed by atoms with Gasteiger partial charge < -0.3 is 4.74 Å². The van der Waals surface area contributed by atoms with Gasteiger partial charge in [-0.25, -0.2) is 0 Å². The lowest BCUT2D eigenvalue weighted by molar-refractivity contribution is -0.479. The Balaban J connectivity index is 2.00. The molecule has 7 nitrogen and oxygen atoms in total. The van der Waals surface area contributed by atoms with E-state index in [1.54, 1.807) is 18.2 Å². The van der Waals surface area contributed by atoms with Crippen molar-refractivity contribution in [3.05, 3.63) is 74.0 Å². The Bertz CT molecular complexity index is 1050. The number of thioether (sulfide) groups is 1. The highest BCUT2D eigenvalue weighted by atomic mass is 35.5. The van der Waals surface area contributed by atoms with Crippen LogP contribution in [0.5, 0.6) is 5.75 Å². The van der Waals surface area contributed by atoms with E-state index in [1.807, 2.05) is 37.5 Å². The summed E-state index contributed by atoms with van der Waals surface area (Å²) in [4.78, 5) is 11.0. The second-order valence-electron chi connectivity index (χ2n) is 6.65. The van der Waals surface area contributed by atoms with Crippen LogP contribution in [0.2, 0.25) is 5.02 Å². The van der Waals surface area contributed by atoms with Crippen LogP contribution in [0.25, 0.3) is 5.69 Å². The molecule has 1 heterocycles. The maximum absolute atomic E-state index is 11.3. The lowest BCUT2D eigenvalue weighted by Gasteiger charge is -2.16. The molecule has 3 rings (SSSR count). The van der Waals surface area contributed by atoms with Gasteiger partial charge in [0.2, 0.25) is 6.54 Å². The first-order valence-corrected chi connectivity index (χ1v) is 10.2. The van der Waals surface area contributed by atoms with Gasteiger partial charge in [-0.1, -0.05) is 35.5 Å². The quantitative estimate of drug-likeness (QED) is 0.298. The molecular formula is C20H21ClN4O3S. The minimum Gasteiger partial charge on any atom is -0.495 e. The van der Waals surface area contributed by atoms with Gasteiger partial charge in [-0.05, 0) is 61.7 Å². The van der Waals surface area contributed by atoms with Gasteiger partial charge in [0.1, 0.15) is 16.8 Å². The number of halogens is 1. The lowest BCUT2D eigenvalue weighted by Crippen LogP contribution is -2.11. The Morgan fingerprint density at radius 2 is 1.93 bits per heavy atom. The van der Waals surface area contributed by atoms with Crippen molar-refractivity contribution in [2.45, 2.75) is 31.2 Å². The standard InChI is InChI=1S/C20H21ClN4O3S/c1-12-5-7-16(9-13(12)2)25-14(3)22-23-20(25)29-19(11-24(26)27)15-6-8-18(28-4)17(21)10-15/h5-10,19H,11H2,1-4H3/t19-/m0/s1. The first kappa shape index (κ1) is 21.1. The number of hydrogen-bond donors (Lipinski definition) is 0. The molecule has 0 bridgehead atoms. The molecule has 0 fully saturated rings. The zero-order chi connectivity index (χ0) is 21.1. The fourth-order valence-corrected chi connectivity index (χ4v) is 4.37. The van der Waals surface area contributed by atoms with Crippen molar-refractivity contribution in [2.24, 2.45) is 0 Å². The van der Waals surface area contributed by atoms with Crippen molar-refractivity contribution in [1.29, 1.82) is 0 Å². The molecule has 0 N–H and O–H groups in total. The largest absolute Gasteiger partial charge is 0.495 e. The van der Waals surface area contributed by atoms with Gasteiger partial charge in [-0.2, -0.15) is 0 Å². The van der Waals surface area contributed by atoms with E-state index in [2.05, 4.69) is 16.3 Å². The van der Waals surface area contributed by atoms with Crippen LogP contribution in [0.15, 0.2) is 41.6 Å². The van der Waals surface area contributed by atoms with E-state index in [9.17, 15) is 10.1 Å². The van der Waals surface area contributed by atoms with E-state index < -0.39 is 5.25 Å². The predicted octanol–water partition coefficient (Wildman–Crippen LogP) is 4.96. The molecular weight excluding hydrogens is 412 g/mol. The summed E-state index contributed by atoms with van der Waals surface area (Å²) >= 11 is 7.53. The second kappa shape index (κ2) is 8.84. The highest BCUT2D eigenvalue weighted by Gasteiger charge is 2.24. The van der Waals surface area contributed by atoms with Gasteiger partial charge in [-0.15, -0.1) is 10.2 Å². The minimum atomic E-state index is -0.484. The number of nitro groups is 1. The molecule has 0 unspecified atom stereocenters. The molecule has 2 aromatic carbocycles. The number of rotatable bonds is 7. The smallest absolute Gasteiger partial charge is 0.220 e. The predicted molar refractivity (Wildman–Crippen MR) is 114 cm³/mol. The topological polar surface area (TPSA) is 83.1 Å². The molecule has 0 aliphatic rings. The summed E-state index contributed by atoms with van der Waals surface area (Å²) in [6.07, 6.45) is 0. The summed E-state index contributed by atoms with van der Waals surface area (Å²) in [5, 5.41) is 20.3. The number of hydrogen-bond acceptors (Lipinski definition) is 6. The third kappa shape index (κ3) is 4.71. The van der Waals surface area contributed by atoms with Gasteiger partial charge in [0.05, 0.1) is 12.1 Å². The monoisotopic (exact) mass is 432 g/mol. The van der Waals surface area contributed by atoms with Gasteiger partial charge in [0, 0.05) is 10.6 Å². The molecule has 29 heavy (non-hydrogen) atoms. The molecule has 0 aliphatic heterocycles. The minimum absolute atomic E-state index is 0.272. The zero-order valence-electron chi connectivity index (χ0n) is 16.5. The molecule has 1 atom stereocenters. The molecule has 1 aromatic heterocycles. The molecule has 9 heteroatoms. The number of methoxy groups -OCH3 is 1. The van der Waals surface area contributed by atoms with E-state index in [4.69, 9.17) is 16.3 Å². The van der Waals surface area contributed by atoms with Gasteiger partial charge >= 0.3 is 0 Å². The first-order valence-electron chi connectivity index (χ1n) is 8.91. The van der Waals surface area contributed by atoms with Crippen LogP contribution < -0.4 is 4.74 Å². The van der Waals surface area contributed by atoms with E-state index in [0.717, 1.165) is 16.8 Å². The van der Waals surface area contributed by atoms with Crippen molar-refractivity contribution in [2.75, 3.05) is 13.7 Å². The average Bonchev–Trinajstić information content (AvgIpc) is 3.03. The fraction of sp³-hybridized carbons (Fsp3) is 0.300. The molecule has 152 valence electrons. The van der Waals surface area contributed by atoms with Crippen LogP contribution in [0.4, 0.5) is 0 Å². The van der Waals surface area contributed by atoms with Crippen molar-refractivity contribution in [3.8, 4) is 11.4 Å². The fourth-order valence-electron chi connectivity index (χ4n) is 2.94. The molecule has 0 saturated carbocycles. The highest BCUT2D eigenvalue weighted by Crippen LogP contribution is 2.38. The highest BCUT2D eigenvalue weighted by molar-refractivity contribution is 7.99. The number of aryl methyl sites for hydroxylation is 3. The Morgan fingerprint density at radius 3 is 2.55 bits per heavy atom. The van der Waals surface area contributed by atoms with Crippen LogP contribution in [0.1, 0.15) is 27.8 Å². The number of ether oxygens (including phenoxy) is 1. The maximum Gasteiger partial charge on any atom is 0.220 e. The second-order valence-corrected chi connectivity index (χ2v) is 8.23. The summed E-state index contributed by atoms with van der Waals surface area (Å²) in [6, 6.07) is 11.3. The molecule has 0 radical (unpaired) electrons. The molecule has 3 aromatic rings. The molecule has 0 spiro atoms. The van der Waals surface area contributed by atoms with E-state index >= 15 is 0 Å². The Morgan fingerprint density at radius 1 is 1.17 bits per heavy atom. The van der Waals surface area contributed by atoms with Crippen LogP contribution in [-0.4, -0.2) is 33.3 Å². The Labute approximate surface area is 178 Å². The number of nitrogens with zero attached hydrogens (tertiary/aromatic N) is 4. The van der Waals surface area contributed by atoms with E-state index in [1.165, 1.54) is 24.4 Å². The van der Waals surface area contributed by atoms with Crippen molar-refractivity contribution < 1.29 is 9.66 Å². The number of benzene rings is 2. The third-order valence-corrected chi connectivity index (χ3v) is 6.13. The van der Waals surface area contributed by atoms with Crippen molar-refractivity contribution in [3.63, 3.8) is 0 Å². The Hall–Kier alpha value is -2.58. The summed E-state index contributed by atoms with van der Waals surface area (Å²) < 4.78 is 7.09. The van der Waals surface area contributed by atoms with Crippen LogP contribution >= 0.6 is 23.4 Å². The van der Waals surface area contributed by atoms with Crippen LogP contribution in [-0.2, 0) is 0 Å². The molecule has 0 amide bonds. The first-order chi connectivity index (χ1) is 13.8. The Kier molecular flexibility index (Phi) is 6.44. The summed E-state index contributed by atoms with van der Waals surface area (Å²) in [6.45, 7) is 5.68. The average molecular weight is 433 g/mol. The van der Waals surface area contributed by atoms with Crippen molar-refractivity contribution in [1.82, 2.24) is 14.8 Å². The molecule has 0 saturated heterocycles. The molecule has 0 aliphatic carbocycles. The SMILES string of the molecule is COc1ccc([C@H](C[N+](=O)[O-])Sc2nnc(C)n2-c2ccc(C)c(C)c2)cc1Cl. The van der Waals surface area contributed by atoms with E-state index in [-0.39, 0.29) is 11.5 Å². The third-order valence-electron chi connectivity index (χ3n) is 4.65. The van der Waals surface area contributed by atoms with Gasteiger partial charge in [0.25, 0.3) is 0 Å². The number of aromatic nitrogens is 3. The maximum atomic E-state index is 11.3. The van der Waals surface area contributed by atoms with Crippen LogP contribution in [0, 0.1) is 30.9 Å². The van der Waals surface area contributed by atoms with Gasteiger partial charge in [0.15, 0.2) is 5.16 Å². The zero-order valence-corrected chi connectivity index (χ0v) is 18.1. The summed E-state index contributed by atoms with van der Waals surface area (Å²) in [5.41, 5.74) is 3.98. The van der Waals surface area contributed by atoms with Gasteiger partial charge in [-0.3, -0.25) is 14.7 Å². The summed E-state index contributed by atoms with van der Waals surface area (Å²) in [5.74, 6) is 1.23. The van der Waals surface area contributed by atoms with Crippen molar-refractivity contribution >= 4 is 23.4 Å².